The second-order valence-corrected chi connectivity index (χ2v) is 2.44. The van der Waals surface area contributed by atoms with Crippen LogP contribution in [-0.4, -0.2) is 24.9 Å². The maximum atomic E-state index is 11.2. The van der Waals surface area contributed by atoms with Gasteiger partial charge in [-0.25, -0.2) is 4.52 Å². The lowest BCUT2D eigenvalue weighted by molar-refractivity contribution is 0.460. The number of aromatic amines is 1. The van der Waals surface area contributed by atoms with Gasteiger partial charge >= 0.3 is 0 Å². The van der Waals surface area contributed by atoms with Crippen molar-refractivity contribution >= 4 is 5.65 Å². The number of nitrogens with one attached hydrogen (secondary N) is 1. The third-order valence-corrected chi connectivity index (χ3v) is 1.61. The van der Waals surface area contributed by atoms with Gasteiger partial charge in [0.15, 0.2) is 5.75 Å². The Morgan fingerprint density at radius 3 is 3.17 bits per heavy atom. The Bertz CT molecular complexity index is 484. The average Bonchev–Trinajstić information content (AvgIpc) is 2.48. The van der Waals surface area contributed by atoms with Crippen LogP contribution in [0.25, 0.3) is 5.65 Å². The van der Waals surface area contributed by atoms with Crippen LogP contribution in [0.2, 0.25) is 0 Å². The largest absolute Gasteiger partial charge is 0.503 e. The van der Waals surface area contributed by atoms with Crippen LogP contribution >= 0.6 is 0 Å². The number of hydrogen-bond donors (Lipinski definition) is 2. The first-order valence-corrected chi connectivity index (χ1v) is 3.31. The van der Waals surface area contributed by atoms with E-state index in [-0.39, 0.29) is 11.4 Å². The number of aromatic hydroxyl groups is 1. The summed E-state index contributed by atoms with van der Waals surface area (Å²) >= 11 is 0. The Morgan fingerprint density at radius 1 is 1.67 bits per heavy atom. The molecule has 12 heavy (non-hydrogen) atoms. The molecule has 0 radical (unpaired) electrons. The minimum absolute atomic E-state index is 0.0955. The minimum Gasteiger partial charge on any atom is -0.503 e. The van der Waals surface area contributed by atoms with Crippen molar-refractivity contribution in [2.45, 2.75) is 6.92 Å². The first-order chi connectivity index (χ1) is 5.70. The molecule has 6 heteroatoms. The van der Waals surface area contributed by atoms with Crippen molar-refractivity contribution in [3.05, 3.63) is 22.2 Å². The number of hydrogen-bond acceptors (Lipinski definition) is 4. The molecular formula is C6H6N4O2. The van der Waals surface area contributed by atoms with E-state index in [1.165, 1.54) is 10.8 Å². The zero-order valence-corrected chi connectivity index (χ0v) is 6.27. The third kappa shape index (κ3) is 0.714. The fraction of sp³-hybridized carbons (Fsp3) is 0.167. The molecule has 0 saturated heterocycles. The molecule has 0 aliphatic rings. The van der Waals surface area contributed by atoms with Gasteiger partial charge < -0.3 is 5.11 Å². The van der Waals surface area contributed by atoms with Crippen LogP contribution in [0, 0.1) is 6.92 Å². The van der Waals surface area contributed by atoms with Crippen molar-refractivity contribution < 1.29 is 5.11 Å². The third-order valence-electron chi connectivity index (χ3n) is 1.61. The highest BCUT2D eigenvalue weighted by molar-refractivity contribution is 5.42. The van der Waals surface area contributed by atoms with E-state index < -0.39 is 5.43 Å². The molecule has 0 atom stereocenters. The SMILES string of the molecule is Cc1[nH]n2cnnc2c(=O)c1O. The summed E-state index contributed by atoms with van der Waals surface area (Å²) in [6, 6.07) is 0. The highest BCUT2D eigenvalue weighted by Gasteiger charge is 2.08. The summed E-state index contributed by atoms with van der Waals surface area (Å²) < 4.78 is 1.36. The summed E-state index contributed by atoms with van der Waals surface area (Å²) in [6.45, 7) is 1.59. The molecule has 2 N–H and O–H groups in total. The van der Waals surface area contributed by atoms with Crippen LogP contribution < -0.4 is 5.43 Å². The smallest absolute Gasteiger partial charge is 0.268 e. The molecule has 2 rings (SSSR count). The highest BCUT2D eigenvalue weighted by Crippen LogP contribution is 2.05. The Labute approximate surface area is 66.5 Å². The fourth-order valence-corrected chi connectivity index (χ4v) is 0.981. The quantitative estimate of drug-likeness (QED) is 0.549. The summed E-state index contributed by atoms with van der Waals surface area (Å²) in [4.78, 5) is 11.2. The van der Waals surface area contributed by atoms with Crippen molar-refractivity contribution in [1.82, 2.24) is 19.8 Å². The Kier molecular flexibility index (Phi) is 1.18. The second-order valence-electron chi connectivity index (χ2n) is 2.44. The van der Waals surface area contributed by atoms with Crippen LogP contribution in [0.4, 0.5) is 0 Å². The van der Waals surface area contributed by atoms with E-state index in [4.69, 9.17) is 0 Å². The first-order valence-electron chi connectivity index (χ1n) is 3.31. The van der Waals surface area contributed by atoms with Gasteiger partial charge in [0.05, 0.1) is 5.69 Å². The second kappa shape index (κ2) is 2.07. The van der Waals surface area contributed by atoms with Gasteiger partial charge in [0.1, 0.15) is 6.33 Å². The number of nitrogens with zero attached hydrogens (tertiary/aromatic N) is 3. The van der Waals surface area contributed by atoms with Crippen LogP contribution in [0.3, 0.4) is 0 Å². The number of aryl methyl sites for hydroxylation is 1. The average molecular weight is 166 g/mol. The van der Waals surface area contributed by atoms with E-state index in [1.807, 2.05) is 0 Å². The topological polar surface area (TPSA) is 83.3 Å². The standard InChI is InChI=1S/C6H6N4O2/c1-3-4(11)5(12)6-8-7-2-10(6)9-3/h2,9,11H,1H3. The van der Waals surface area contributed by atoms with E-state index in [1.54, 1.807) is 6.92 Å². The van der Waals surface area contributed by atoms with Gasteiger partial charge in [0, 0.05) is 0 Å². The molecule has 2 aromatic rings. The summed E-state index contributed by atoms with van der Waals surface area (Å²) in [5.74, 6) is -0.310. The van der Waals surface area contributed by atoms with Gasteiger partial charge in [-0.3, -0.25) is 9.89 Å². The Morgan fingerprint density at radius 2 is 2.42 bits per heavy atom. The van der Waals surface area contributed by atoms with E-state index >= 15 is 0 Å². The Hall–Kier alpha value is -1.85. The van der Waals surface area contributed by atoms with Crippen LogP contribution in [-0.2, 0) is 0 Å². The maximum Gasteiger partial charge on any atom is 0.268 e. The Balaban J connectivity index is 3.05. The van der Waals surface area contributed by atoms with Crippen molar-refractivity contribution in [3.63, 3.8) is 0 Å². The summed E-state index contributed by atoms with van der Waals surface area (Å²) in [7, 11) is 0. The molecule has 0 fully saturated rings. The van der Waals surface area contributed by atoms with Gasteiger partial charge in [-0.1, -0.05) is 0 Å². The molecule has 2 aromatic heterocycles. The van der Waals surface area contributed by atoms with Crippen LogP contribution in [0.15, 0.2) is 11.1 Å². The molecule has 6 nitrogen and oxygen atoms in total. The van der Waals surface area contributed by atoms with E-state index in [2.05, 4.69) is 15.3 Å². The predicted molar refractivity (Wildman–Crippen MR) is 40.0 cm³/mol. The normalized spacial score (nSPS) is 10.8. The molecule has 0 bridgehead atoms. The lowest BCUT2D eigenvalue weighted by Gasteiger charge is -1.97. The lowest BCUT2D eigenvalue weighted by atomic mass is 10.4. The zero-order chi connectivity index (χ0) is 8.72. The first kappa shape index (κ1) is 6.84. The molecule has 0 aliphatic carbocycles. The van der Waals surface area contributed by atoms with Gasteiger partial charge in [0.25, 0.3) is 5.43 Å². The predicted octanol–water partition coefficient (Wildman–Crippen LogP) is -0.568. The van der Waals surface area contributed by atoms with E-state index in [0.29, 0.717) is 5.69 Å². The summed E-state index contributed by atoms with van der Waals surface area (Å²) in [5, 5.41) is 19.0. The van der Waals surface area contributed by atoms with E-state index in [9.17, 15) is 9.90 Å². The van der Waals surface area contributed by atoms with Crippen LogP contribution in [0.5, 0.6) is 5.75 Å². The van der Waals surface area contributed by atoms with Gasteiger partial charge in [-0.2, -0.15) is 0 Å². The molecule has 62 valence electrons. The molecule has 0 spiro atoms. The summed E-state index contributed by atoms with van der Waals surface area (Å²) in [6.07, 6.45) is 1.36. The molecular weight excluding hydrogens is 160 g/mol. The highest BCUT2D eigenvalue weighted by atomic mass is 16.3. The van der Waals surface area contributed by atoms with Crippen molar-refractivity contribution in [3.8, 4) is 5.75 Å². The molecule has 0 aromatic carbocycles. The van der Waals surface area contributed by atoms with Crippen LogP contribution in [0.1, 0.15) is 5.69 Å². The zero-order valence-electron chi connectivity index (χ0n) is 6.27. The minimum atomic E-state index is -0.510. The number of fused-ring (bicyclic) bond motifs is 1. The maximum absolute atomic E-state index is 11.2. The van der Waals surface area contributed by atoms with Gasteiger partial charge in [0.2, 0.25) is 5.65 Å². The van der Waals surface area contributed by atoms with E-state index in [0.717, 1.165) is 0 Å². The molecule has 2 heterocycles. The number of H-pyrrole nitrogens is 1. The van der Waals surface area contributed by atoms with Gasteiger partial charge in [-0.15, -0.1) is 10.2 Å². The number of aromatic nitrogens is 4. The van der Waals surface area contributed by atoms with Crippen molar-refractivity contribution in [2.24, 2.45) is 0 Å². The molecule has 0 saturated carbocycles. The fourth-order valence-electron chi connectivity index (χ4n) is 0.981. The molecule has 0 amide bonds. The van der Waals surface area contributed by atoms with Crippen molar-refractivity contribution in [1.29, 1.82) is 0 Å². The monoisotopic (exact) mass is 166 g/mol. The summed E-state index contributed by atoms with van der Waals surface area (Å²) in [5.41, 5.74) is -0.0193. The van der Waals surface area contributed by atoms with Gasteiger partial charge in [-0.05, 0) is 6.92 Å². The molecule has 0 unspecified atom stereocenters. The molecule has 0 aliphatic heterocycles. The van der Waals surface area contributed by atoms with Crippen molar-refractivity contribution in [2.75, 3.05) is 0 Å². The number of rotatable bonds is 0. The lowest BCUT2D eigenvalue weighted by Crippen LogP contribution is -2.09.